The fourth-order valence-corrected chi connectivity index (χ4v) is 1.32. The Balaban J connectivity index is 3.47. The zero-order valence-electron chi connectivity index (χ0n) is 8.15. The van der Waals surface area contributed by atoms with Crippen LogP contribution in [0.1, 0.15) is 21.5 Å². The van der Waals surface area contributed by atoms with Crippen molar-refractivity contribution in [3.05, 3.63) is 28.8 Å². The van der Waals surface area contributed by atoms with Gasteiger partial charge in [0.25, 0.3) is 0 Å². The molecule has 0 unspecified atom stereocenters. The lowest BCUT2D eigenvalue weighted by Gasteiger charge is -2.08. The van der Waals surface area contributed by atoms with Crippen LogP contribution in [0.4, 0.5) is 0 Å². The number of carbonyl (C=O) groups is 1. The number of rotatable bonds is 3. The third-order valence-corrected chi connectivity index (χ3v) is 2.03. The minimum absolute atomic E-state index is 0.0220. The van der Waals surface area contributed by atoms with Crippen molar-refractivity contribution in [2.24, 2.45) is 0 Å². The van der Waals surface area contributed by atoms with Crippen LogP contribution < -0.4 is 4.74 Å². The van der Waals surface area contributed by atoms with Crippen molar-refractivity contribution >= 4 is 6.29 Å². The molecule has 0 heterocycles. The summed E-state index contributed by atoms with van der Waals surface area (Å²) in [5, 5.41) is 17.4. The maximum absolute atomic E-state index is 10.9. The van der Waals surface area contributed by atoms with Crippen molar-refractivity contribution in [2.75, 3.05) is 7.11 Å². The van der Waals surface area contributed by atoms with Gasteiger partial charge >= 0.3 is 0 Å². The van der Waals surface area contributed by atoms with Crippen LogP contribution in [0, 0.1) is 22.7 Å². The lowest BCUT2D eigenvalue weighted by Crippen LogP contribution is -1.99. The standard InChI is InChI=1S/C11H8N2O2/c1-15-11-3-2-8(6-13)9(4-5-12)10(11)7-14/h2-3,7H,4H2,1H3. The molecule has 0 aliphatic heterocycles. The van der Waals surface area contributed by atoms with Crippen LogP contribution >= 0.6 is 0 Å². The van der Waals surface area contributed by atoms with Gasteiger partial charge in [0.05, 0.1) is 36.8 Å². The van der Waals surface area contributed by atoms with Gasteiger partial charge < -0.3 is 4.74 Å². The monoisotopic (exact) mass is 200 g/mol. The highest BCUT2D eigenvalue weighted by molar-refractivity contribution is 5.83. The summed E-state index contributed by atoms with van der Waals surface area (Å²) in [5.41, 5.74) is 1.03. The summed E-state index contributed by atoms with van der Waals surface area (Å²) in [6.07, 6.45) is 0.626. The summed E-state index contributed by atoms with van der Waals surface area (Å²) in [6.45, 7) is 0. The first-order valence-corrected chi connectivity index (χ1v) is 4.20. The van der Waals surface area contributed by atoms with E-state index in [1.165, 1.54) is 7.11 Å². The normalized spacial score (nSPS) is 8.73. The minimum atomic E-state index is 0.0220. The van der Waals surface area contributed by atoms with Gasteiger partial charge in [-0.1, -0.05) is 0 Å². The van der Waals surface area contributed by atoms with E-state index in [9.17, 15) is 4.79 Å². The van der Waals surface area contributed by atoms with Gasteiger partial charge in [-0.2, -0.15) is 10.5 Å². The Hall–Kier alpha value is -2.33. The van der Waals surface area contributed by atoms with E-state index in [1.54, 1.807) is 12.1 Å². The van der Waals surface area contributed by atoms with E-state index in [1.807, 2.05) is 12.1 Å². The van der Waals surface area contributed by atoms with Crippen molar-refractivity contribution < 1.29 is 9.53 Å². The quantitative estimate of drug-likeness (QED) is 0.692. The fraction of sp³-hybridized carbons (Fsp3) is 0.182. The Labute approximate surface area is 87.3 Å². The van der Waals surface area contributed by atoms with Gasteiger partial charge in [0.1, 0.15) is 5.75 Å². The van der Waals surface area contributed by atoms with Gasteiger partial charge in [-0.25, -0.2) is 0 Å². The second kappa shape index (κ2) is 4.78. The minimum Gasteiger partial charge on any atom is -0.496 e. The third-order valence-electron chi connectivity index (χ3n) is 2.03. The van der Waals surface area contributed by atoms with Crippen LogP contribution in [0.3, 0.4) is 0 Å². The SMILES string of the molecule is COc1ccc(C#N)c(CC#N)c1C=O. The molecule has 0 radical (unpaired) electrons. The fourth-order valence-electron chi connectivity index (χ4n) is 1.32. The largest absolute Gasteiger partial charge is 0.496 e. The van der Waals surface area contributed by atoms with Crippen molar-refractivity contribution in [1.29, 1.82) is 10.5 Å². The van der Waals surface area contributed by atoms with Crippen LogP contribution in [0.5, 0.6) is 5.75 Å². The maximum Gasteiger partial charge on any atom is 0.154 e. The molecule has 0 saturated carbocycles. The second-order valence-electron chi connectivity index (χ2n) is 2.77. The number of nitrogens with zero attached hydrogens (tertiary/aromatic N) is 2. The number of aldehydes is 1. The van der Waals surface area contributed by atoms with Gasteiger partial charge in [0.2, 0.25) is 0 Å². The summed E-state index contributed by atoms with van der Waals surface area (Å²) >= 11 is 0. The van der Waals surface area contributed by atoms with Crippen molar-refractivity contribution in [3.63, 3.8) is 0 Å². The molecule has 1 rings (SSSR count). The first-order valence-electron chi connectivity index (χ1n) is 4.20. The average molecular weight is 200 g/mol. The van der Waals surface area contributed by atoms with E-state index < -0.39 is 0 Å². The number of ether oxygens (including phenoxy) is 1. The van der Waals surface area contributed by atoms with Crippen molar-refractivity contribution in [3.8, 4) is 17.9 Å². The van der Waals surface area contributed by atoms with Crippen LogP contribution in [-0.2, 0) is 6.42 Å². The molecule has 0 aliphatic carbocycles. The Kier molecular flexibility index (Phi) is 3.43. The van der Waals surface area contributed by atoms with Gasteiger partial charge in [0, 0.05) is 0 Å². The zero-order valence-corrected chi connectivity index (χ0v) is 8.15. The van der Waals surface area contributed by atoms with E-state index in [-0.39, 0.29) is 12.0 Å². The molecule has 1 aromatic carbocycles. The van der Waals surface area contributed by atoms with Crippen LogP contribution in [0.25, 0.3) is 0 Å². The molecule has 0 bridgehead atoms. The summed E-state index contributed by atoms with van der Waals surface area (Å²) in [5.74, 6) is 0.384. The molecular weight excluding hydrogens is 192 g/mol. The number of hydrogen-bond donors (Lipinski definition) is 0. The lowest BCUT2D eigenvalue weighted by molar-refractivity contribution is 0.112. The smallest absolute Gasteiger partial charge is 0.154 e. The molecule has 0 aliphatic rings. The highest BCUT2D eigenvalue weighted by Crippen LogP contribution is 2.23. The number of methoxy groups -OCH3 is 1. The highest BCUT2D eigenvalue weighted by Gasteiger charge is 2.12. The number of benzene rings is 1. The van der Waals surface area contributed by atoms with Crippen molar-refractivity contribution in [2.45, 2.75) is 6.42 Å². The van der Waals surface area contributed by atoms with Gasteiger partial charge in [0.15, 0.2) is 6.29 Å². The van der Waals surface area contributed by atoms with Gasteiger partial charge in [-0.15, -0.1) is 0 Å². The molecule has 4 heteroatoms. The predicted molar refractivity (Wildman–Crippen MR) is 52.4 cm³/mol. The molecule has 0 N–H and O–H groups in total. The summed E-state index contributed by atoms with van der Waals surface area (Å²) < 4.78 is 4.97. The molecule has 74 valence electrons. The zero-order chi connectivity index (χ0) is 11.3. The predicted octanol–water partition coefficient (Wildman–Crippen LogP) is 1.45. The lowest BCUT2D eigenvalue weighted by atomic mass is 9.99. The number of carbonyl (C=O) groups excluding carboxylic acids is 1. The molecular formula is C11H8N2O2. The molecule has 0 fully saturated rings. The average Bonchev–Trinajstić information content (AvgIpc) is 2.28. The molecule has 0 spiro atoms. The molecule has 15 heavy (non-hydrogen) atoms. The number of hydrogen-bond acceptors (Lipinski definition) is 4. The second-order valence-corrected chi connectivity index (χ2v) is 2.77. The van der Waals surface area contributed by atoms with E-state index in [0.29, 0.717) is 23.2 Å². The highest BCUT2D eigenvalue weighted by atomic mass is 16.5. The molecule has 0 aromatic heterocycles. The molecule has 4 nitrogen and oxygen atoms in total. The number of nitriles is 2. The molecule has 0 amide bonds. The van der Waals surface area contributed by atoms with Crippen LogP contribution in [0.2, 0.25) is 0 Å². The Bertz CT molecular complexity index is 467. The Morgan fingerprint density at radius 2 is 2.20 bits per heavy atom. The first-order chi connectivity index (χ1) is 7.28. The first kappa shape index (κ1) is 10.7. The van der Waals surface area contributed by atoms with E-state index in [0.717, 1.165) is 0 Å². The van der Waals surface area contributed by atoms with Gasteiger partial charge in [-0.3, -0.25) is 4.79 Å². The van der Waals surface area contributed by atoms with Crippen LogP contribution in [0.15, 0.2) is 12.1 Å². The summed E-state index contributed by atoms with van der Waals surface area (Å²) in [4.78, 5) is 10.9. The third kappa shape index (κ3) is 1.95. The molecule has 0 saturated heterocycles. The molecule has 0 atom stereocenters. The van der Waals surface area contributed by atoms with E-state index in [4.69, 9.17) is 15.3 Å². The van der Waals surface area contributed by atoms with Crippen molar-refractivity contribution in [1.82, 2.24) is 0 Å². The topological polar surface area (TPSA) is 73.9 Å². The molecule has 1 aromatic rings. The Morgan fingerprint density at radius 1 is 1.47 bits per heavy atom. The summed E-state index contributed by atoms with van der Waals surface area (Å²) in [6, 6.07) is 6.95. The summed E-state index contributed by atoms with van der Waals surface area (Å²) in [7, 11) is 1.44. The maximum atomic E-state index is 10.9. The van der Waals surface area contributed by atoms with E-state index >= 15 is 0 Å². The van der Waals surface area contributed by atoms with E-state index in [2.05, 4.69) is 0 Å². The van der Waals surface area contributed by atoms with Gasteiger partial charge in [-0.05, 0) is 17.7 Å². The van der Waals surface area contributed by atoms with Crippen LogP contribution in [-0.4, -0.2) is 13.4 Å². The Morgan fingerprint density at radius 3 is 2.67 bits per heavy atom.